The maximum absolute atomic E-state index is 8.50. The second kappa shape index (κ2) is 4.82. The zero-order valence-corrected chi connectivity index (χ0v) is 8.63. The molecule has 0 atom stereocenters. The number of nitriles is 1. The van der Waals surface area contributed by atoms with Crippen LogP contribution < -0.4 is 0 Å². The second-order valence-electron chi connectivity index (χ2n) is 3.51. The minimum Gasteiger partial charge on any atom is -0.370 e. The molecular weight excluding hydrogens is 148 g/mol. The van der Waals surface area contributed by atoms with Crippen molar-refractivity contribution in [2.24, 2.45) is 0 Å². The number of rotatable bonds is 3. The first-order valence-corrected chi connectivity index (χ1v) is 4.35. The fourth-order valence-corrected chi connectivity index (χ4v) is 1.58. The van der Waals surface area contributed by atoms with Gasteiger partial charge < -0.3 is 4.90 Å². The van der Waals surface area contributed by atoms with E-state index in [1.54, 1.807) is 6.08 Å². The molecule has 0 saturated heterocycles. The molecule has 0 bridgehead atoms. The third kappa shape index (κ3) is 2.96. The van der Waals surface area contributed by atoms with Gasteiger partial charge in [-0.1, -0.05) is 0 Å². The molecular formula is C10H18N2. The third-order valence-corrected chi connectivity index (χ3v) is 1.79. The molecule has 0 saturated carbocycles. The van der Waals surface area contributed by atoms with Crippen LogP contribution in [0.15, 0.2) is 11.8 Å². The van der Waals surface area contributed by atoms with Crippen molar-refractivity contribution in [1.82, 2.24) is 4.90 Å². The highest BCUT2D eigenvalue weighted by molar-refractivity contribution is 5.11. The molecule has 0 aliphatic heterocycles. The first-order chi connectivity index (χ1) is 5.50. The van der Waals surface area contributed by atoms with Gasteiger partial charge in [0.25, 0.3) is 0 Å². The van der Waals surface area contributed by atoms with E-state index in [0.717, 1.165) is 5.70 Å². The zero-order valence-electron chi connectivity index (χ0n) is 8.63. The lowest BCUT2D eigenvalue weighted by Crippen LogP contribution is -2.35. The molecule has 0 amide bonds. The van der Waals surface area contributed by atoms with Gasteiger partial charge in [-0.3, -0.25) is 0 Å². The first kappa shape index (κ1) is 11.0. The molecule has 68 valence electrons. The van der Waals surface area contributed by atoms with E-state index >= 15 is 0 Å². The van der Waals surface area contributed by atoms with E-state index in [-0.39, 0.29) is 0 Å². The van der Waals surface area contributed by atoms with E-state index in [1.165, 1.54) is 0 Å². The Balaban J connectivity index is 4.54. The molecule has 0 fully saturated rings. The number of hydrogen-bond acceptors (Lipinski definition) is 2. The Morgan fingerprint density at radius 2 is 1.67 bits per heavy atom. The largest absolute Gasteiger partial charge is 0.370 e. The van der Waals surface area contributed by atoms with Gasteiger partial charge in [0.1, 0.15) is 0 Å². The standard InChI is InChI=1S/C10H18N2/c1-8(2)12(9(3)4)10(5)6-7-11/h6,8-9H,1-5H3. The summed E-state index contributed by atoms with van der Waals surface area (Å²) in [6.07, 6.45) is 1.60. The summed E-state index contributed by atoms with van der Waals surface area (Å²) in [5.41, 5.74) is 1.04. The predicted molar refractivity (Wildman–Crippen MR) is 51.5 cm³/mol. The molecule has 0 radical (unpaired) electrons. The summed E-state index contributed by atoms with van der Waals surface area (Å²) in [7, 11) is 0. The Morgan fingerprint density at radius 3 is 1.92 bits per heavy atom. The van der Waals surface area contributed by atoms with Crippen LogP contribution in [0.4, 0.5) is 0 Å². The van der Waals surface area contributed by atoms with Gasteiger partial charge in [-0.05, 0) is 34.6 Å². The van der Waals surface area contributed by atoms with Gasteiger partial charge in [-0.2, -0.15) is 5.26 Å². The van der Waals surface area contributed by atoms with Crippen LogP contribution in [0, 0.1) is 11.3 Å². The van der Waals surface area contributed by atoms with Crippen LogP contribution in [-0.2, 0) is 0 Å². The van der Waals surface area contributed by atoms with Crippen molar-refractivity contribution in [2.75, 3.05) is 0 Å². The fraction of sp³-hybridized carbons (Fsp3) is 0.700. The van der Waals surface area contributed by atoms with Crippen LogP contribution in [0.1, 0.15) is 34.6 Å². The Hall–Kier alpha value is -0.970. The Bertz CT molecular complexity index is 188. The molecule has 0 rings (SSSR count). The maximum atomic E-state index is 8.50. The molecule has 0 N–H and O–H groups in total. The monoisotopic (exact) mass is 166 g/mol. The molecule has 0 spiro atoms. The summed E-state index contributed by atoms with van der Waals surface area (Å²) in [5.74, 6) is 0. The average molecular weight is 166 g/mol. The van der Waals surface area contributed by atoms with E-state index in [9.17, 15) is 0 Å². The SMILES string of the molecule is CC(=CC#N)N(C(C)C)C(C)C. The third-order valence-electron chi connectivity index (χ3n) is 1.79. The highest BCUT2D eigenvalue weighted by Crippen LogP contribution is 2.12. The van der Waals surface area contributed by atoms with Crippen LogP contribution in [0.3, 0.4) is 0 Å². The maximum Gasteiger partial charge on any atom is 0.0930 e. The van der Waals surface area contributed by atoms with E-state index in [4.69, 9.17) is 5.26 Å². The minimum atomic E-state index is 0.453. The quantitative estimate of drug-likeness (QED) is 0.602. The van der Waals surface area contributed by atoms with Gasteiger partial charge >= 0.3 is 0 Å². The first-order valence-electron chi connectivity index (χ1n) is 4.35. The molecule has 0 aliphatic rings. The topological polar surface area (TPSA) is 27.0 Å². The van der Waals surface area contributed by atoms with Gasteiger partial charge in [0.2, 0.25) is 0 Å². The van der Waals surface area contributed by atoms with E-state index < -0.39 is 0 Å². The van der Waals surface area contributed by atoms with Crippen molar-refractivity contribution in [3.8, 4) is 6.07 Å². The highest BCUT2D eigenvalue weighted by atomic mass is 15.2. The summed E-state index contributed by atoms with van der Waals surface area (Å²) >= 11 is 0. The summed E-state index contributed by atoms with van der Waals surface area (Å²) in [6, 6.07) is 2.96. The van der Waals surface area contributed by atoms with Crippen molar-refractivity contribution in [3.63, 3.8) is 0 Å². The number of nitrogens with zero attached hydrogens (tertiary/aromatic N) is 2. The molecule has 2 heteroatoms. The van der Waals surface area contributed by atoms with Crippen LogP contribution in [0.5, 0.6) is 0 Å². The van der Waals surface area contributed by atoms with Crippen LogP contribution in [0.25, 0.3) is 0 Å². The summed E-state index contributed by atoms with van der Waals surface area (Å²) in [4.78, 5) is 2.23. The Morgan fingerprint density at radius 1 is 1.25 bits per heavy atom. The molecule has 0 unspecified atom stereocenters. The van der Waals surface area contributed by atoms with Crippen molar-refractivity contribution < 1.29 is 0 Å². The smallest absolute Gasteiger partial charge is 0.0930 e. The molecule has 0 aromatic rings. The summed E-state index contributed by atoms with van der Waals surface area (Å²) < 4.78 is 0. The van der Waals surface area contributed by atoms with Gasteiger partial charge in [0.05, 0.1) is 6.07 Å². The van der Waals surface area contributed by atoms with Crippen molar-refractivity contribution in [1.29, 1.82) is 5.26 Å². The Labute approximate surface area is 75.5 Å². The van der Waals surface area contributed by atoms with Gasteiger partial charge in [-0.25, -0.2) is 0 Å². The van der Waals surface area contributed by atoms with Crippen molar-refractivity contribution >= 4 is 0 Å². The molecule has 0 aromatic carbocycles. The number of allylic oxidation sites excluding steroid dienone is 2. The van der Waals surface area contributed by atoms with Crippen LogP contribution >= 0.6 is 0 Å². The second-order valence-corrected chi connectivity index (χ2v) is 3.51. The van der Waals surface area contributed by atoms with E-state index in [1.807, 2.05) is 6.92 Å². The normalized spacial score (nSPS) is 12.0. The van der Waals surface area contributed by atoms with Gasteiger partial charge in [-0.15, -0.1) is 0 Å². The van der Waals surface area contributed by atoms with Gasteiger partial charge in [0.15, 0.2) is 0 Å². The Kier molecular flexibility index (Phi) is 4.43. The van der Waals surface area contributed by atoms with E-state index in [0.29, 0.717) is 12.1 Å². The minimum absolute atomic E-state index is 0.453. The van der Waals surface area contributed by atoms with Crippen molar-refractivity contribution in [2.45, 2.75) is 46.7 Å². The lowest BCUT2D eigenvalue weighted by Gasteiger charge is -2.33. The molecule has 0 heterocycles. The lowest BCUT2D eigenvalue weighted by atomic mass is 10.2. The fourth-order valence-electron chi connectivity index (χ4n) is 1.58. The predicted octanol–water partition coefficient (Wildman–Crippen LogP) is 2.53. The zero-order chi connectivity index (χ0) is 9.72. The van der Waals surface area contributed by atoms with Crippen molar-refractivity contribution in [3.05, 3.63) is 11.8 Å². The summed E-state index contributed by atoms with van der Waals surface area (Å²) in [6.45, 7) is 10.5. The van der Waals surface area contributed by atoms with Crippen LogP contribution in [0.2, 0.25) is 0 Å². The molecule has 0 aromatic heterocycles. The number of hydrogen-bond donors (Lipinski definition) is 0. The average Bonchev–Trinajstić information content (AvgIpc) is 1.85. The van der Waals surface area contributed by atoms with E-state index in [2.05, 4.69) is 38.7 Å². The molecule has 2 nitrogen and oxygen atoms in total. The van der Waals surface area contributed by atoms with Gasteiger partial charge in [0, 0.05) is 23.9 Å². The molecule has 0 aliphatic carbocycles. The molecule has 12 heavy (non-hydrogen) atoms. The highest BCUT2D eigenvalue weighted by Gasteiger charge is 2.12. The summed E-state index contributed by atoms with van der Waals surface area (Å²) in [5, 5.41) is 8.50. The van der Waals surface area contributed by atoms with Crippen LogP contribution in [-0.4, -0.2) is 17.0 Å². The lowest BCUT2D eigenvalue weighted by molar-refractivity contribution is 0.232.